The Hall–Kier alpha value is -5.76. The zero-order valence-electron chi connectivity index (χ0n) is 18.9. The summed E-state index contributed by atoms with van der Waals surface area (Å²) in [6.45, 7) is 0. The number of hydrogen-bond acceptors (Lipinski definition) is 8. The Bertz CT molecular complexity index is 1690. The van der Waals surface area contributed by atoms with Gasteiger partial charge in [0.05, 0.1) is 10.5 Å². The van der Waals surface area contributed by atoms with Gasteiger partial charge in [0.2, 0.25) is 0 Å². The van der Waals surface area contributed by atoms with E-state index in [9.17, 15) is 25.3 Å². The van der Waals surface area contributed by atoms with Gasteiger partial charge >= 0.3 is 5.97 Å². The molecule has 0 fully saturated rings. The fourth-order valence-electron chi connectivity index (χ4n) is 3.78. The second kappa shape index (κ2) is 9.47. The number of nitro benzene ring substituents is 1. The van der Waals surface area contributed by atoms with Crippen LogP contribution in [0.15, 0.2) is 85.2 Å². The fraction of sp³-hybridized carbons (Fsp3) is 0. The van der Waals surface area contributed by atoms with Crippen LogP contribution in [0.1, 0.15) is 15.9 Å². The topological polar surface area (TPSA) is 156 Å². The molecule has 0 unspecified atom stereocenters. The van der Waals surface area contributed by atoms with Crippen molar-refractivity contribution in [3.63, 3.8) is 0 Å². The van der Waals surface area contributed by atoms with Crippen molar-refractivity contribution in [3.05, 3.63) is 106 Å². The molecule has 11 heteroatoms. The summed E-state index contributed by atoms with van der Waals surface area (Å²) in [6, 6.07) is 22.5. The summed E-state index contributed by atoms with van der Waals surface area (Å²) >= 11 is 0. The molecule has 0 radical (unpaired) electrons. The number of ether oxygens (including phenoxy) is 1. The SMILES string of the molecule is N#Cc1c(Nc2ccc(Oc3ccccc3)cc2)nn2cc(-c3cccc(C(=O)O)c3[N+](=O)[O-])cnc12. The highest BCUT2D eigenvalue weighted by molar-refractivity contribution is 5.96. The standard InChI is InChI=1S/C26H16N6O5/c27-13-22-24(29-17-9-11-19(12-10-17)37-18-5-2-1-3-6-18)30-31-15-16(14-28-25(22)31)20-7-4-8-21(26(33)34)23(20)32(35)36/h1-12,14-15H,(H,29,30)(H,33,34). The lowest BCUT2D eigenvalue weighted by Crippen LogP contribution is -2.04. The molecule has 0 bridgehead atoms. The third-order valence-corrected chi connectivity index (χ3v) is 5.44. The molecular formula is C26H16N6O5. The number of benzene rings is 3. The number of anilines is 2. The predicted octanol–water partition coefficient (Wildman–Crippen LogP) is 5.41. The van der Waals surface area contributed by atoms with Gasteiger partial charge in [0.1, 0.15) is 28.7 Å². The van der Waals surface area contributed by atoms with Crippen molar-refractivity contribution in [1.82, 2.24) is 14.6 Å². The molecule has 11 nitrogen and oxygen atoms in total. The molecule has 0 spiro atoms. The molecule has 2 aromatic heterocycles. The summed E-state index contributed by atoms with van der Waals surface area (Å²) in [5.74, 6) is 0.146. The lowest BCUT2D eigenvalue weighted by Gasteiger charge is -2.07. The Kier molecular flexibility index (Phi) is 5.89. The van der Waals surface area contributed by atoms with Crippen molar-refractivity contribution < 1.29 is 19.6 Å². The number of para-hydroxylation sites is 2. The van der Waals surface area contributed by atoms with E-state index in [1.807, 2.05) is 30.3 Å². The molecule has 3 aromatic carbocycles. The Labute approximate surface area is 209 Å². The number of aromatic nitrogens is 3. The summed E-state index contributed by atoms with van der Waals surface area (Å²) in [7, 11) is 0. The molecular weight excluding hydrogens is 476 g/mol. The highest BCUT2D eigenvalue weighted by Gasteiger charge is 2.26. The summed E-state index contributed by atoms with van der Waals surface area (Å²) in [6.07, 6.45) is 2.80. The maximum atomic E-state index is 11.7. The number of carbonyl (C=O) groups is 1. The van der Waals surface area contributed by atoms with Gasteiger partial charge in [-0.05, 0) is 48.5 Å². The van der Waals surface area contributed by atoms with Gasteiger partial charge in [-0.1, -0.05) is 24.3 Å². The first-order valence-corrected chi connectivity index (χ1v) is 10.8. The number of nitro groups is 1. The minimum atomic E-state index is -1.42. The number of nitrogens with one attached hydrogen (secondary N) is 1. The molecule has 0 atom stereocenters. The van der Waals surface area contributed by atoms with Crippen LogP contribution in [0.3, 0.4) is 0 Å². The third kappa shape index (κ3) is 4.50. The number of nitrogens with zero attached hydrogens (tertiary/aromatic N) is 5. The first-order valence-electron chi connectivity index (χ1n) is 10.8. The average Bonchev–Trinajstić information content (AvgIpc) is 3.25. The first-order chi connectivity index (χ1) is 17.9. The van der Waals surface area contributed by atoms with E-state index < -0.39 is 22.1 Å². The van der Waals surface area contributed by atoms with Gasteiger partial charge in [0.15, 0.2) is 11.5 Å². The van der Waals surface area contributed by atoms with Crippen LogP contribution in [-0.4, -0.2) is 30.6 Å². The van der Waals surface area contributed by atoms with Crippen LogP contribution in [-0.2, 0) is 0 Å². The Morgan fingerprint density at radius 2 is 1.78 bits per heavy atom. The Morgan fingerprint density at radius 1 is 1.05 bits per heavy atom. The number of carboxylic acid groups (broad SMARTS) is 1. The molecule has 0 saturated heterocycles. The zero-order chi connectivity index (χ0) is 25.9. The van der Waals surface area contributed by atoms with E-state index in [4.69, 9.17) is 4.74 Å². The molecule has 0 aliphatic rings. The molecule has 0 amide bonds. The molecule has 0 aliphatic heterocycles. The van der Waals surface area contributed by atoms with E-state index in [1.165, 1.54) is 29.0 Å². The van der Waals surface area contributed by atoms with Crippen LogP contribution in [0.4, 0.5) is 17.2 Å². The van der Waals surface area contributed by atoms with E-state index in [2.05, 4.69) is 21.5 Å². The summed E-state index contributed by atoms with van der Waals surface area (Å²) in [5.41, 5.74) is 0.382. The van der Waals surface area contributed by atoms with Gasteiger partial charge in [-0.25, -0.2) is 14.3 Å². The number of hydrogen-bond donors (Lipinski definition) is 2. The monoisotopic (exact) mass is 492 g/mol. The van der Waals surface area contributed by atoms with Crippen LogP contribution >= 0.6 is 0 Å². The Balaban J connectivity index is 1.47. The maximum Gasteiger partial charge on any atom is 0.342 e. The highest BCUT2D eigenvalue weighted by Crippen LogP contribution is 2.33. The largest absolute Gasteiger partial charge is 0.477 e. The second-order valence-corrected chi connectivity index (χ2v) is 7.77. The van der Waals surface area contributed by atoms with Gasteiger partial charge in [-0.3, -0.25) is 10.1 Å². The van der Waals surface area contributed by atoms with E-state index in [0.717, 1.165) is 6.07 Å². The molecule has 2 heterocycles. The van der Waals surface area contributed by atoms with Gasteiger partial charge in [0.25, 0.3) is 5.69 Å². The van der Waals surface area contributed by atoms with Crippen molar-refractivity contribution in [3.8, 4) is 28.7 Å². The fourth-order valence-corrected chi connectivity index (χ4v) is 3.78. The quantitative estimate of drug-likeness (QED) is 0.224. The minimum absolute atomic E-state index is 0.0665. The molecule has 37 heavy (non-hydrogen) atoms. The van der Waals surface area contributed by atoms with Crippen LogP contribution in [0.25, 0.3) is 16.8 Å². The lowest BCUT2D eigenvalue weighted by molar-refractivity contribution is -0.384. The van der Waals surface area contributed by atoms with Gasteiger partial charge < -0.3 is 15.2 Å². The minimum Gasteiger partial charge on any atom is -0.477 e. The first kappa shape index (κ1) is 23.0. The smallest absolute Gasteiger partial charge is 0.342 e. The number of rotatable bonds is 7. The number of nitriles is 1. The predicted molar refractivity (Wildman–Crippen MR) is 133 cm³/mol. The van der Waals surface area contributed by atoms with Crippen LogP contribution in [0, 0.1) is 21.4 Å². The number of carboxylic acids is 1. The lowest BCUT2D eigenvalue weighted by atomic mass is 10.0. The van der Waals surface area contributed by atoms with Gasteiger partial charge in [0, 0.05) is 23.6 Å². The zero-order valence-corrected chi connectivity index (χ0v) is 18.9. The van der Waals surface area contributed by atoms with E-state index in [0.29, 0.717) is 17.2 Å². The molecule has 180 valence electrons. The van der Waals surface area contributed by atoms with Gasteiger partial charge in [-0.2, -0.15) is 5.26 Å². The van der Waals surface area contributed by atoms with E-state index in [-0.39, 0.29) is 28.2 Å². The van der Waals surface area contributed by atoms with Crippen LogP contribution in [0.2, 0.25) is 0 Å². The molecule has 2 N–H and O–H groups in total. The van der Waals surface area contributed by atoms with E-state index in [1.54, 1.807) is 24.3 Å². The summed E-state index contributed by atoms with van der Waals surface area (Å²) in [5, 5.41) is 38.2. The average molecular weight is 492 g/mol. The van der Waals surface area contributed by atoms with E-state index >= 15 is 0 Å². The number of aromatic carboxylic acids is 1. The number of fused-ring (bicyclic) bond motifs is 1. The van der Waals surface area contributed by atoms with Crippen molar-refractivity contribution in [2.24, 2.45) is 0 Å². The molecule has 5 aromatic rings. The van der Waals surface area contributed by atoms with Crippen LogP contribution < -0.4 is 10.1 Å². The Morgan fingerprint density at radius 3 is 2.46 bits per heavy atom. The second-order valence-electron chi connectivity index (χ2n) is 7.77. The highest BCUT2D eigenvalue weighted by atomic mass is 16.6. The van der Waals surface area contributed by atoms with Crippen LogP contribution in [0.5, 0.6) is 11.5 Å². The summed E-state index contributed by atoms with van der Waals surface area (Å²) in [4.78, 5) is 26.7. The molecule has 0 aliphatic carbocycles. The maximum absolute atomic E-state index is 11.7. The molecule has 0 saturated carbocycles. The summed E-state index contributed by atoms with van der Waals surface area (Å²) < 4.78 is 7.11. The molecule has 5 rings (SSSR count). The van der Waals surface area contributed by atoms with Crippen molar-refractivity contribution in [2.45, 2.75) is 0 Å². The third-order valence-electron chi connectivity index (χ3n) is 5.44. The van der Waals surface area contributed by atoms with Crippen molar-refractivity contribution in [1.29, 1.82) is 5.26 Å². The normalized spacial score (nSPS) is 10.6. The van der Waals surface area contributed by atoms with Gasteiger partial charge in [-0.15, -0.1) is 5.10 Å². The van der Waals surface area contributed by atoms with Crippen molar-refractivity contribution >= 4 is 28.8 Å². The van der Waals surface area contributed by atoms with Crippen molar-refractivity contribution in [2.75, 3.05) is 5.32 Å².